The van der Waals surface area contributed by atoms with Crippen molar-refractivity contribution in [3.63, 3.8) is 0 Å². The Bertz CT molecular complexity index is 523. The van der Waals surface area contributed by atoms with Gasteiger partial charge in [0, 0.05) is 30.6 Å². The van der Waals surface area contributed by atoms with Crippen molar-refractivity contribution in [3.05, 3.63) is 21.4 Å². The third kappa shape index (κ3) is 3.89. The van der Waals surface area contributed by atoms with Crippen molar-refractivity contribution in [3.8, 4) is 0 Å². The van der Waals surface area contributed by atoms with Crippen molar-refractivity contribution in [1.29, 1.82) is 0 Å². The monoisotopic (exact) mass is 322 g/mol. The van der Waals surface area contributed by atoms with E-state index < -0.39 is 0 Å². The molecule has 0 spiro atoms. The zero-order chi connectivity index (χ0) is 15.5. The number of hydrogen-bond donors (Lipinski definition) is 1. The molecule has 1 aromatic rings. The van der Waals surface area contributed by atoms with Crippen molar-refractivity contribution < 1.29 is 9.53 Å². The molecule has 3 rings (SSSR count). The predicted molar refractivity (Wildman–Crippen MR) is 89.7 cm³/mol. The second kappa shape index (κ2) is 7.11. The minimum Gasteiger partial charge on any atom is -0.379 e. The van der Waals surface area contributed by atoms with Gasteiger partial charge < -0.3 is 10.1 Å². The molecule has 2 heterocycles. The summed E-state index contributed by atoms with van der Waals surface area (Å²) in [6.45, 7) is 8.81. The quantitative estimate of drug-likeness (QED) is 0.925. The third-order valence-electron chi connectivity index (χ3n) is 4.57. The molecule has 1 aromatic heterocycles. The van der Waals surface area contributed by atoms with E-state index in [1.807, 2.05) is 0 Å². The molecule has 2 atom stereocenters. The molecule has 0 aromatic carbocycles. The first kappa shape index (κ1) is 16.0. The molecule has 0 radical (unpaired) electrons. The summed E-state index contributed by atoms with van der Waals surface area (Å²) in [6, 6.07) is 2.29. The van der Waals surface area contributed by atoms with E-state index in [4.69, 9.17) is 4.74 Å². The van der Waals surface area contributed by atoms with Gasteiger partial charge in [-0.2, -0.15) is 0 Å². The van der Waals surface area contributed by atoms with Gasteiger partial charge in [0.2, 0.25) is 0 Å². The van der Waals surface area contributed by atoms with Crippen LogP contribution < -0.4 is 5.32 Å². The van der Waals surface area contributed by atoms with Gasteiger partial charge in [-0.1, -0.05) is 6.92 Å². The van der Waals surface area contributed by atoms with Crippen LogP contribution in [0.1, 0.15) is 40.4 Å². The maximum atomic E-state index is 12.5. The summed E-state index contributed by atoms with van der Waals surface area (Å²) >= 11 is 1.69. The molecule has 2 aliphatic rings. The van der Waals surface area contributed by atoms with Crippen LogP contribution in [0.3, 0.4) is 0 Å². The Hall–Kier alpha value is -0.910. The first-order valence-corrected chi connectivity index (χ1v) is 9.16. The predicted octanol–water partition coefficient (Wildman–Crippen LogP) is 2.32. The normalized spacial score (nSPS) is 23.8. The highest BCUT2D eigenvalue weighted by Gasteiger charge is 2.22. The SMILES string of the molecule is C[C@@H]1CCc2sc(C(=O)N[C@H](C)CN3CCOCC3)cc2C1. The highest BCUT2D eigenvalue weighted by Crippen LogP contribution is 2.32. The van der Waals surface area contributed by atoms with Gasteiger partial charge in [0.25, 0.3) is 5.91 Å². The van der Waals surface area contributed by atoms with Gasteiger partial charge in [-0.3, -0.25) is 9.69 Å². The summed E-state index contributed by atoms with van der Waals surface area (Å²) < 4.78 is 5.36. The lowest BCUT2D eigenvalue weighted by Crippen LogP contribution is -2.45. The number of hydrogen-bond acceptors (Lipinski definition) is 4. The van der Waals surface area contributed by atoms with E-state index in [2.05, 4.69) is 30.1 Å². The number of nitrogens with one attached hydrogen (secondary N) is 1. The minimum atomic E-state index is 0.0906. The zero-order valence-electron chi connectivity index (χ0n) is 13.6. The van der Waals surface area contributed by atoms with Crippen LogP contribution in [0, 0.1) is 5.92 Å². The molecule has 1 saturated heterocycles. The number of ether oxygens (including phenoxy) is 1. The molecule has 122 valence electrons. The summed E-state index contributed by atoms with van der Waals surface area (Å²) in [7, 11) is 0. The summed E-state index contributed by atoms with van der Waals surface area (Å²) in [5.74, 6) is 0.839. The number of fused-ring (bicyclic) bond motifs is 1. The zero-order valence-corrected chi connectivity index (χ0v) is 14.4. The first-order valence-electron chi connectivity index (χ1n) is 8.34. The van der Waals surface area contributed by atoms with Crippen LogP contribution in [0.15, 0.2) is 6.07 Å². The molecule has 1 aliphatic carbocycles. The molecule has 1 amide bonds. The van der Waals surface area contributed by atoms with Crippen LogP contribution in [0.2, 0.25) is 0 Å². The average molecular weight is 322 g/mol. The number of amides is 1. The molecule has 5 heteroatoms. The summed E-state index contributed by atoms with van der Waals surface area (Å²) in [5.41, 5.74) is 1.40. The van der Waals surface area contributed by atoms with E-state index in [0.29, 0.717) is 0 Å². The van der Waals surface area contributed by atoms with Crippen LogP contribution in [0.25, 0.3) is 0 Å². The van der Waals surface area contributed by atoms with Crippen molar-refractivity contribution >= 4 is 17.2 Å². The number of thiophene rings is 1. The third-order valence-corrected chi connectivity index (χ3v) is 5.80. The Morgan fingerprint density at radius 3 is 3.05 bits per heavy atom. The summed E-state index contributed by atoms with van der Waals surface area (Å²) in [4.78, 5) is 17.1. The number of aryl methyl sites for hydroxylation is 1. The average Bonchev–Trinajstić information content (AvgIpc) is 2.91. The molecule has 1 fully saturated rings. The van der Waals surface area contributed by atoms with E-state index in [0.717, 1.165) is 56.5 Å². The molecular weight excluding hydrogens is 296 g/mol. The van der Waals surface area contributed by atoms with E-state index in [1.165, 1.54) is 16.9 Å². The fourth-order valence-corrected chi connectivity index (χ4v) is 4.44. The van der Waals surface area contributed by atoms with Crippen LogP contribution in [-0.4, -0.2) is 49.7 Å². The lowest BCUT2D eigenvalue weighted by molar-refractivity contribution is 0.0342. The maximum Gasteiger partial charge on any atom is 0.261 e. The Balaban J connectivity index is 1.55. The van der Waals surface area contributed by atoms with Gasteiger partial charge in [0.15, 0.2) is 0 Å². The first-order chi connectivity index (χ1) is 10.6. The molecule has 22 heavy (non-hydrogen) atoms. The van der Waals surface area contributed by atoms with Crippen LogP contribution >= 0.6 is 11.3 Å². The molecule has 0 unspecified atom stereocenters. The molecular formula is C17H26N2O2S. The van der Waals surface area contributed by atoms with Gasteiger partial charge in [0.1, 0.15) is 0 Å². The largest absolute Gasteiger partial charge is 0.379 e. The number of rotatable bonds is 4. The van der Waals surface area contributed by atoms with Crippen molar-refractivity contribution in [2.24, 2.45) is 5.92 Å². The lowest BCUT2D eigenvalue weighted by atomic mass is 9.90. The maximum absolute atomic E-state index is 12.5. The molecule has 1 N–H and O–H groups in total. The Labute approximate surface area is 136 Å². The van der Waals surface area contributed by atoms with Gasteiger partial charge in [-0.15, -0.1) is 11.3 Å². The van der Waals surface area contributed by atoms with Crippen LogP contribution in [0.4, 0.5) is 0 Å². The summed E-state index contributed by atoms with van der Waals surface area (Å²) in [5, 5.41) is 3.15. The fourth-order valence-electron chi connectivity index (χ4n) is 3.33. The van der Waals surface area contributed by atoms with Gasteiger partial charge in [0.05, 0.1) is 18.1 Å². The van der Waals surface area contributed by atoms with E-state index in [1.54, 1.807) is 11.3 Å². The second-order valence-electron chi connectivity index (χ2n) is 6.69. The Kier molecular flexibility index (Phi) is 5.16. The highest BCUT2D eigenvalue weighted by atomic mass is 32.1. The van der Waals surface area contributed by atoms with Crippen molar-refractivity contribution in [2.45, 2.75) is 39.2 Å². The molecule has 1 aliphatic heterocycles. The van der Waals surface area contributed by atoms with Crippen LogP contribution in [0.5, 0.6) is 0 Å². The molecule has 0 bridgehead atoms. The fraction of sp³-hybridized carbons (Fsp3) is 0.706. The second-order valence-corrected chi connectivity index (χ2v) is 7.83. The number of carbonyl (C=O) groups excluding carboxylic acids is 1. The van der Waals surface area contributed by atoms with Crippen LogP contribution in [-0.2, 0) is 17.6 Å². The van der Waals surface area contributed by atoms with Gasteiger partial charge in [-0.25, -0.2) is 0 Å². The molecule has 0 saturated carbocycles. The number of carbonyl (C=O) groups is 1. The van der Waals surface area contributed by atoms with E-state index >= 15 is 0 Å². The standard InChI is InChI=1S/C17H26N2O2S/c1-12-3-4-15-14(9-12)10-16(22-15)17(20)18-13(2)11-19-5-7-21-8-6-19/h10,12-13H,3-9,11H2,1-2H3,(H,18,20)/t12-,13-/m1/s1. The van der Waals surface area contributed by atoms with E-state index in [-0.39, 0.29) is 11.9 Å². The van der Waals surface area contributed by atoms with Crippen molar-refractivity contribution in [1.82, 2.24) is 10.2 Å². The molecule has 4 nitrogen and oxygen atoms in total. The minimum absolute atomic E-state index is 0.0906. The van der Waals surface area contributed by atoms with Crippen molar-refractivity contribution in [2.75, 3.05) is 32.8 Å². The number of nitrogens with zero attached hydrogens (tertiary/aromatic N) is 1. The Morgan fingerprint density at radius 2 is 2.27 bits per heavy atom. The smallest absolute Gasteiger partial charge is 0.261 e. The highest BCUT2D eigenvalue weighted by molar-refractivity contribution is 7.14. The topological polar surface area (TPSA) is 41.6 Å². The van der Waals surface area contributed by atoms with E-state index in [9.17, 15) is 4.79 Å². The number of morpholine rings is 1. The summed E-state index contributed by atoms with van der Waals surface area (Å²) in [6.07, 6.45) is 3.52. The van der Waals surface area contributed by atoms with Gasteiger partial charge >= 0.3 is 0 Å². The lowest BCUT2D eigenvalue weighted by Gasteiger charge is -2.29. The Morgan fingerprint density at radius 1 is 1.50 bits per heavy atom. The van der Waals surface area contributed by atoms with Gasteiger partial charge in [-0.05, 0) is 43.7 Å².